The van der Waals surface area contributed by atoms with Gasteiger partial charge in [-0.05, 0) is 19.4 Å². The van der Waals surface area contributed by atoms with Crippen LogP contribution >= 0.6 is 11.1 Å². The van der Waals surface area contributed by atoms with Crippen LogP contribution < -0.4 is 4.98 Å². The number of aryl methyl sites for hydroxylation is 1. The Kier molecular flexibility index (Phi) is 3.79. The Morgan fingerprint density at radius 2 is 2.25 bits per heavy atom. The van der Waals surface area contributed by atoms with E-state index in [4.69, 9.17) is 11.1 Å². The van der Waals surface area contributed by atoms with Gasteiger partial charge >= 0.3 is 0 Å². The summed E-state index contributed by atoms with van der Waals surface area (Å²) < 4.78 is 0. The van der Waals surface area contributed by atoms with Gasteiger partial charge in [-0.1, -0.05) is 29.8 Å². The second-order valence-electron chi connectivity index (χ2n) is 2.97. The predicted octanol–water partition coefficient (Wildman–Crippen LogP) is 1.88. The number of halogens is 1. The lowest BCUT2D eigenvalue weighted by Crippen LogP contribution is -2.19. The van der Waals surface area contributed by atoms with Gasteiger partial charge in [-0.3, -0.25) is 0 Å². The Hall–Kier alpha value is -0.313. The summed E-state index contributed by atoms with van der Waals surface area (Å²) in [4.78, 5) is 3.29. The molecule has 0 aliphatic carbocycles. The fraction of sp³-hybridized carbons (Fsp3) is 0.333. The van der Waals surface area contributed by atoms with Crippen LogP contribution in [0.5, 0.6) is 0 Å². The van der Waals surface area contributed by atoms with Crippen LogP contribution in [-0.2, 0) is 0 Å². The second-order valence-corrected chi connectivity index (χ2v) is 4.45. The molecule has 0 spiro atoms. The van der Waals surface area contributed by atoms with E-state index in [1.165, 1.54) is 11.1 Å². The normalized spacial score (nSPS) is 13.9. The highest BCUT2D eigenvalue weighted by molar-refractivity contribution is 6.92. The molecule has 0 bridgehead atoms. The summed E-state index contributed by atoms with van der Waals surface area (Å²) in [5.74, 6) is 0. The number of hydrogen-bond acceptors (Lipinski definition) is 1. The van der Waals surface area contributed by atoms with Crippen molar-refractivity contribution in [3.05, 3.63) is 35.4 Å². The van der Waals surface area contributed by atoms with E-state index in [1.54, 1.807) is 0 Å². The Morgan fingerprint density at radius 3 is 2.83 bits per heavy atom. The fourth-order valence-electron chi connectivity index (χ4n) is 1.17. The fourth-order valence-corrected chi connectivity index (χ4v) is 2.33. The summed E-state index contributed by atoms with van der Waals surface area (Å²) in [5.41, 5.74) is 2.63. The molecule has 1 N–H and O–H groups in total. The molecule has 0 amide bonds. The topological polar surface area (TPSA) is 12.0 Å². The second kappa shape index (κ2) is 4.65. The Bertz CT molecular complexity index is 252. The molecule has 0 saturated heterocycles. The van der Waals surface area contributed by atoms with Crippen molar-refractivity contribution in [2.24, 2.45) is 0 Å². The molecule has 1 aromatic carbocycles. The summed E-state index contributed by atoms with van der Waals surface area (Å²) in [5, 5.41) is 0. The standard InChI is InChI=1S/C9H14ClNSi/c1-7-4-3-5-9(6-7)8(2)11-12-10/h3-6,8,11H,12H2,1-2H3. The molecule has 0 aromatic heterocycles. The van der Waals surface area contributed by atoms with E-state index in [0.717, 1.165) is 0 Å². The molecular weight excluding hydrogens is 186 g/mol. The van der Waals surface area contributed by atoms with Crippen molar-refractivity contribution in [1.82, 2.24) is 4.98 Å². The van der Waals surface area contributed by atoms with E-state index in [-0.39, 0.29) is 0 Å². The highest BCUT2D eigenvalue weighted by atomic mass is 35.6. The highest BCUT2D eigenvalue weighted by Gasteiger charge is 2.02. The van der Waals surface area contributed by atoms with E-state index in [2.05, 4.69) is 43.1 Å². The van der Waals surface area contributed by atoms with Gasteiger partial charge in [0, 0.05) is 6.04 Å². The molecule has 1 aromatic rings. The van der Waals surface area contributed by atoms with Gasteiger partial charge in [-0.15, -0.1) is 0 Å². The van der Waals surface area contributed by atoms with Gasteiger partial charge < -0.3 is 4.98 Å². The molecule has 0 radical (unpaired) electrons. The van der Waals surface area contributed by atoms with E-state index >= 15 is 0 Å². The average molecular weight is 200 g/mol. The summed E-state index contributed by atoms with van der Waals surface area (Å²) in [6.45, 7) is 4.25. The first-order valence-electron chi connectivity index (χ1n) is 4.10. The van der Waals surface area contributed by atoms with Crippen molar-refractivity contribution in [2.45, 2.75) is 19.9 Å². The van der Waals surface area contributed by atoms with Crippen LogP contribution in [0.25, 0.3) is 0 Å². The molecule has 0 heterocycles. The number of hydrogen-bond donors (Lipinski definition) is 1. The molecular formula is C9H14ClNSi. The predicted molar refractivity (Wildman–Crippen MR) is 57.1 cm³/mol. The van der Waals surface area contributed by atoms with Crippen molar-refractivity contribution in [2.75, 3.05) is 0 Å². The van der Waals surface area contributed by atoms with Crippen LogP contribution in [0.15, 0.2) is 24.3 Å². The first-order chi connectivity index (χ1) is 5.74. The molecule has 1 nitrogen and oxygen atoms in total. The summed E-state index contributed by atoms with van der Waals surface area (Å²) in [6.07, 6.45) is 0. The summed E-state index contributed by atoms with van der Waals surface area (Å²) >= 11 is 5.71. The first-order valence-corrected chi connectivity index (χ1v) is 6.94. The van der Waals surface area contributed by atoms with Crippen molar-refractivity contribution >= 4 is 20.1 Å². The van der Waals surface area contributed by atoms with Gasteiger partial charge in [0.1, 0.15) is 0 Å². The Balaban J connectivity index is 2.73. The van der Waals surface area contributed by atoms with Gasteiger partial charge in [-0.2, -0.15) is 11.1 Å². The number of benzene rings is 1. The van der Waals surface area contributed by atoms with Crippen molar-refractivity contribution in [3.63, 3.8) is 0 Å². The maximum atomic E-state index is 5.71. The van der Waals surface area contributed by atoms with Crippen LogP contribution in [0.3, 0.4) is 0 Å². The van der Waals surface area contributed by atoms with Crippen LogP contribution in [-0.4, -0.2) is 8.99 Å². The minimum absolute atomic E-state index is 0.397. The molecule has 0 aliphatic rings. The largest absolute Gasteiger partial charge is 0.324 e. The first kappa shape index (κ1) is 9.77. The van der Waals surface area contributed by atoms with E-state index in [1.807, 2.05) is 0 Å². The number of rotatable bonds is 3. The third-order valence-corrected chi connectivity index (χ3v) is 3.16. The zero-order valence-electron chi connectivity index (χ0n) is 7.47. The SMILES string of the molecule is Cc1cccc(C(C)N[SiH2]Cl)c1. The van der Waals surface area contributed by atoms with Gasteiger partial charge in [-0.25, -0.2) is 0 Å². The molecule has 0 aliphatic heterocycles. The Labute approximate surface area is 80.7 Å². The van der Waals surface area contributed by atoms with Crippen LogP contribution in [0.1, 0.15) is 24.1 Å². The van der Waals surface area contributed by atoms with Gasteiger partial charge in [0.2, 0.25) is 0 Å². The van der Waals surface area contributed by atoms with Crippen molar-refractivity contribution in [1.29, 1.82) is 0 Å². The van der Waals surface area contributed by atoms with Crippen LogP contribution in [0.2, 0.25) is 0 Å². The smallest absolute Gasteiger partial charge is 0.195 e. The molecule has 1 unspecified atom stereocenters. The van der Waals surface area contributed by atoms with Crippen LogP contribution in [0, 0.1) is 6.92 Å². The van der Waals surface area contributed by atoms with E-state index in [0.29, 0.717) is 6.04 Å². The molecule has 12 heavy (non-hydrogen) atoms. The van der Waals surface area contributed by atoms with Crippen molar-refractivity contribution in [3.8, 4) is 0 Å². The molecule has 0 fully saturated rings. The zero-order chi connectivity index (χ0) is 8.97. The maximum absolute atomic E-state index is 5.71. The zero-order valence-corrected chi connectivity index (χ0v) is 9.64. The molecule has 1 rings (SSSR count). The molecule has 1 atom stereocenters. The average Bonchev–Trinajstić information content (AvgIpc) is 2.05. The van der Waals surface area contributed by atoms with E-state index < -0.39 is 8.99 Å². The van der Waals surface area contributed by atoms with E-state index in [9.17, 15) is 0 Å². The van der Waals surface area contributed by atoms with Crippen LogP contribution in [0.4, 0.5) is 0 Å². The quantitative estimate of drug-likeness (QED) is 0.579. The van der Waals surface area contributed by atoms with Gasteiger partial charge in [0.15, 0.2) is 8.99 Å². The lowest BCUT2D eigenvalue weighted by molar-refractivity contribution is 0.741. The maximum Gasteiger partial charge on any atom is 0.195 e. The monoisotopic (exact) mass is 199 g/mol. The molecule has 66 valence electrons. The Morgan fingerprint density at radius 1 is 1.50 bits per heavy atom. The minimum Gasteiger partial charge on any atom is -0.324 e. The lowest BCUT2D eigenvalue weighted by atomic mass is 10.1. The van der Waals surface area contributed by atoms with Crippen molar-refractivity contribution < 1.29 is 0 Å². The molecule has 0 saturated carbocycles. The summed E-state index contributed by atoms with van der Waals surface area (Å²) in [6, 6.07) is 8.91. The molecule has 3 heteroatoms. The van der Waals surface area contributed by atoms with Gasteiger partial charge in [0.05, 0.1) is 0 Å². The third-order valence-electron chi connectivity index (χ3n) is 1.93. The third kappa shape index (κ3) is 2.63. The minimum atomic E-state index is -0.567. The summed E-state index contributed by atoms with van der Waals surface area (Å²) in [7, 11) is -0.567. The van der Waals surface area contributed by atoms with Gasteiger partial charge in [0.25, 0.3) is 0 Å². The lowest BCUT2D eigenvalue weighted by Gasteiger charge is -2.11. The number of nitrogens with one attached hydrogen (secondary N) is 1. The highest BCUT2D eigenvalue weighted by Crippen LogP contribution is 2.12.